The second kappa shape index (κ2) is 3.95. The van der Waals surface area contributed by atoms with Crippen LogP contribution in [0.1, 0.15) is 0 Å². The van der Waals surface area contributed by atoms with Crippen LogP contribution in [0.5, 0.6) is 0 Å². The van der Waals surface area contributed by atoms with Crippen LogP contribution < -0.4 is 0 Å². The minimum Gasteiger partial charge on any atom is -0.258 e. The molecule has 0 fully saturated rings. The quantitative estimate of drug-likeness (QED) is 0.472. The lowest BCUT2D eigenvalue weighted by atomic mass is 10.4. The molecule has 0 atom stereocenters. The Morgan fingerprint density at radius 2 is 1.79 bits per heavy atom. The zero-order chi connectivity index (χ0) is 10.1. The number of nitrogens with zero attached hydrogens (tertiary/aromatic N) is 1. The summed E-state index contributed by atoms with van der Waals surface area (Å²) >= 11 is 5.09. The predicted octanol–water partition coefficient (Wildman–Crippen LogP) is 3.99. The minimum atomic E-state index is -0.354. The van der Waals surface area contributed by atoms with Gasteiger partial charge in [0.25, 0.3) is 0 Å². The van der Waals surface area contributed by atoms with Gasteiger partial charge >= 0.3 is 5.00 Å². The standard InChI is InChI=1S/C8H4INO2S2/c9-7-3-1-5(13-7)6-2-4-8(14-6)10(11)12/h1-4H. The maximum absolute atomic E-state index is 10.5. The van der Waals surface area contributed by atoms with E-state index < -0.39 is 0 Å². The van der Waals surface area contributed by atoms with Crippen molar-refractivity contribution < 1.29 is 4.92 Å². The van der Waals surface area contributed by atoms with Gasteiger partial charge in [-0.3, -0.25) is 10.1 Å². The first-order valence-electron chi connectivity index (χ1n) is 3.67. The van der Waals surface area contributed by atoms with E-state index in [0.717, 1.165) is 9.75 Å². The molecule has 3 nitrogen and oxygen atoms in total. The van der Waals surface area contributed by atoms with Crippen molar-refractivity contribution in [1.82, 2.24) is 0 Å². The van der Waals surface area contributed by atoms with E-state index in [1.165, 1.54) is 14.2 Å². The van der Waals surface area contributed by atoms with Gasteiger partial charge in [0.15, 0.2) is 0 Å². The lowest BCUT2D eigenvalue weighted by molar-refractivity contribution is -0.380. The summed E-state index contributed by atoms with van der Waals surface area (Å²) < 4.78 is 1.19. The third-order valence-electron chi connectivity index (χ3n) is 1.59. The smallest absolute Gasteiger partial charge is 0.258 e. The van der Waals surface area contributed by atoms with Crippen LogP contribution in [0.15, 0.2) is 24.3 Å². The monoisotopic (exact) mass is 337 g/mol. The highest BCUT2D eigenvalue weighted by Crippen LogP contribution is 2.36. The number of hydrogen-bond acceptors (Lipinski definition) is 4. The minimum absolute atomic E-state index is 0.198. The third-order valence-corrected chi connectivity index (χ3v) is 4.71. The topological polar surface area (TPSA) is 43.1 Å². The van der Waals surface area contributed by atoms with E-state index in [0.29, 0.717) is 0 Å². The second-order valence-corrected chi connectivity index (χ2v) is 6.54. The number of rotatable bonds is 2. The Kier molecular flexibility index (Phi) is 2.84. The molecule has 0 aliphatic heterocycles. The largest absolute Gasteiger partial charge is 0.324 e. The van der Waals surface area contributed by atoms with Gasteiger partial charge in [-0.2, -0.15) is 0 Å². The van der Waals surface area contributed by atoms with Crippen LogP contribution in [-0.2, 0) is 0 Å². The molecule has 2 heterocycles. The number of thiophene rings is 2. The summed E-state index contributed by atoms with van der Waals surface area (Å²) in [5.74, 6) is 0. The van der Waals surface area contributed by atoms with E-state index in [4.69, 9.17) is 0 Å². The Balaban J connectivity index is 2.38. The van der Waals surface area contributed by atoms with Crippen LogP contribution in [0.3, 0.4) is 0 Å². The van der Waals surface area contributed by atoms with Gasteiger partial charge < -0.3 is 0 Å². The van der Waals surface area contributed by atoms with Gasteiger partial charge in [-0.15, -0.1) is 11.3 Å². The molecule has 6 heteroatoms. The van der Waals surface area contributed by atoms with Crippen molar-refractivity contribution >= 4 is 50.3 Å². The molecule has 14 heavy (non-hydrogen) atoms. The van der Waals surface area contributed by atoms with Gasteiger partial charge in [0.05, 0.1) is 12.7 Å². The predicted molar refractivity (Wildman–Crippen MR) is 67.0 cm³/mol. The Morgan fingerprint density at radius 1 is 1.14 bits per heavy atom. The van der Waals surface area contributed by atoms with Crippen LogP contribution in [0.2, 0.25) is 0 Å². The molecule has 2 aromatic rings. The van der Waals surface area contributed by atoms with Crippen molar-refractivity contribution in [1.29, 1.82) is 0 Å². The molecular weight excluding hydrogens is 333 g/mol. The number of hydrogen-bond donors (Lipinski definition) is 0. The van der Waals surface area contributed by atoms with Crippen LogP contribution in [0.4, 0.5) is 5.00 Å². The Labute approximate surface area is 102 Å². The maximum Gasteiger partial charge on any atom is 0.324 e. The zero-order valence-corrected chi connectivity index (χ0v) is 10.6. The summed E-state index contributed by atoms with van der Waals surface area (Å²) in [5.41, 5.74) is 0. The van der Waals surface area contributed by atoms with Gasteiger partial charge in [-0.25, -0.2) is 0 Å². The average Bonchev–Trinajstić information content (AvgIpc) is 2.70. The van der Waals surface area contributed by atoms with Crippen molar-refractivity contribution in [3.63, 3.8) is 0 Å². The maximum atomic E-state index is 10.5. The molecule has 0 N–H and O–H groups in total. The molecule has 0 saturated heterocycles. The van der Waals surface area contributed by atoms with Gasteiger partial charge in [0, 0.05) is 10.9 Å². The SMILES string of the molecule is O=[N+]([O-])c1ccc(-c2ccc(I)s2)s1. The van der Waals surface area contributed by atoms with Crippen LogP contribution in [0.25, 0.3) is 9.75 Å². The molecule has 0 aromatic carbocycles. The van der Waals surface area contributed by atoms with Crippen LogP contribution >= 0.6 is 45.3 Å². The van der Waals surface area contributed by atoms with Crippen molar-refractivity contribution in [2.75, 3.05) is 0 Å². The average molecular weight is 337 g/mol. The summed E-state index contributed by atoms with van der Waals surface area (Å²) in [5, 5.41) is 10.7. The Bertz CT molecular complexity index is 477. The second-order valence-electron chi connectivity index (χ2n) is 2.50. The molecule has 2 aromatic heterocycles. The molecule has 0 saturated carbocycles. The third kappa shape index (κ3) is 1.96. The van der Waals surface area contributed by atoms with Crippen LogP contribution in [-0.4, -0.2) is 4.92 Å². The molecule has 0 aliphatic rings. The first kappa shape index (κ1) is 10.1. The Hall–Kier alpha value is -0.470. The molecule has 0 spiro atoms. The molecule has 0 radical (unpaired) electrons. The summed E-state index contributed by atoms with van der Waals surface area (Å²) in [6.07, 6.45) is 0. The highest BCUT2D eigenvalue weighted by molar-refractivity contribution is 14.1. The van der Waals surface area contributed by atoms with Crippen LogP contribution in [0, 0.1) is 13.0 Å². The zero-order valence-electron chi connectivity index (χ0n) is 6.77. The summed E-state index contributed by atoms with van der Waals surface area (Å²) in [6, 6.07) is 7.34. The van der Waals surface area contributed by atoms with Gasteiger partial charge in [-0.1, -0.05) is 11.3 Å². The van der Waals surface area contributed by atoms with Crippen molar-refractivity contribution in [3.05, 3.63) is 37.3 Å². The first-order chi connectivity index (χ1) is 6.66. The molecule has 0 aliphatic carbocycles. The van der Waals surface area contributed by atoms with Crippen molar-refractivity contribution in [2.24, 2.45) is 0 Å². The molecule has 0 unspecified atom stereocenters. The highest BCUT2D eigenvalue weighted by Gasteiger charge is 2.11. The first-order valence-corrected chi connectivity index (χ1v) is 6.38. The fraction of sp³-hybridized carbons (Fsp3) is 0. The summed E-state index contributed by atoms with van der Waals surface area (Å²) in [6.45, 7) is 0. The van der Waals surface area contributed by atoms with Gasteiger partial charge in [0.1, 0.15) is 0 Å². The molecule has 72 valence electrons. The van der Waals surface area contributed by atoms with Crippen molar-refractivity contribution in [3.8, 4) is 9.75 Å². The Morgan fingerprint density at radius 3 is 2.29 bits per heavy atom. The lowest BCUT2D eigenvalue weighted by Crippen LogP contribution is -1.80. The summed E-state index contributed by atoms with van der Waals surface area (Å²) in [7, 11) is 0. The van der Waals surface area contributed by atoms with E-state index in [9.17, 15) is 10.1 Å². The molecule has 2 rings (SSSR count). The fourth-order valence-corrected chi connectivity index (χ4v) is 3.54. The number of nitro groups is 1. The highest BCUT2D eigenvalue weighted by atomic mass is 127. The molecular formula is C8H4INO2S2. The van der Waals surface area contributed by atoms with E-state index >= 15 is 0 Å². The molecule has 0 bridgehead atoms. The fourth-order valence-electron chi connectivity index (χ4n) is 1.00. The van der Waals surface area contributed by atoms with Gasteiger partial charge in [-0.05, 0) is 40.8 Å². The van der Waals surface area contributed by atoms with E-state index in [1.54, 1.807) is 23.5 Å². The van der Waals surface area contributed by atoms with E-state index in [2.05, 4.69) is 22.6 Å². The van der Waals surface area contributed by atoms with Crippen molar-refractivity contribution in [2.45, 2.75) is 0 Å². The van der Waals surface area contributed by atoms with E-state index in [1.807, 2.05) is 12.1 Å². The number of halogens is 1. The summed E-state index contributed by atoms with van der Waals surface area (Å²) in [4.78, 5) is 12.2. The molecule has 0 amide bonds. The lowest BCUT2D eigenvalue weighted by Gasteiger charge is -1.86. The van der Waals surface area contributed by atoms with Gasteiger partial charge in [0.2, 0.25) is 0 Å². The van der Waals surface area contributed by atoms with E-state index in [-0.39, 0.29) is 9.92 Å². The normalized spacial score (nSPS) is 10.4.